The van der Waals surface area contributed by atoms with E-state index < -0.39 is 5.41 Å². The van der Waals surface area contributed by atoms with Crippen molar-refractivity contribution in [3.63, 3.8) is 0 Å². The Hall–Kier alpha value is -3.61. The van der Waals surface area contributed by atoms with Crippen LogP contribution < -0.4 is 0 Å². The topological polar surface area (TPSA) is 0 Å². The Morgan fingerprint density at radius 2 is 1.00 bits per heavy atom. The number of benzene rings is 5. The fourth-order valence-electron chi connectivity index (χ4n) is 5.29. The fourth-order valence-corrected chi connectivity index (χ4v) is 5.48. The van der Waals surface area contributed by atoms with E-state index in [2.05, 4.69) is 121 Å². The number of halogens is 1. The van der Waals surface area contributed by atoms with Gasteiger partial charge in [0.1, 0.15) is 0 Å². The zero-order valence-electron chi connectivity index (χ0n) is 17.5. The van der Waals surface area contributed by atoms with Crippen molar-refractivity contribution in [1.82, 2.24) is 0 Å². The second-order valence-electron chi connectivity index (χ2n) is 8.29. The van der Waals surface area contributed by atoms with E-state index in [0.717, 1.165) is 5.02 Å². The zero-order valence-corrected chi connectivity index (χ0v) is 18.3. The van der Waals surface area contributed by atoms with Gasteiger partial charge in [0.25, 0.3) is 0 Å². The minimum Gasteiger partial charge on any atom is -0.0843 e. The summed E-state index contributed by atoms with van der Waals surface area (Å²) in [5, 5.41) is 0.754. The summed E-state index contributed by atoms with van der Waals surface area (Å²) < 4.78 is 0. The molecule has 6 rings (SSSR count). The van der Waals surface area contributed by atoms with Gasteiger partial charge in [-0.1, -0.05) is 127 Å². The molecule has 0 radical (unpaired) electrons. The van der Waals surface area contributed by atoms with Crippen molar-refractivity contribution in [1.29, 1.82) is 0 Å². The molecule has 0 aliphatic heterocycles. The predicted octanol–water partition coefficient (Wildman–Crippen LogP) is 8.37. The summed E-state index contributed by atoms with van der Waals surface area (Å²) in [5.41, 5.74) is 9.65. The largest absolute Gasteiger partial charge is 0.0843 e. The van der Waals surface area contributed by atoms with Gasteiger partial charge >= 0.3 is 0 Å². The van der Waals surface area contributed by atoms with Gasteiger partial charge in [-0.2, -0.15) is 0 Å². The molecule has 0 N–H and O–H groups in total. The van der Waals surface area contributed by atoms with Crippen molar-refractivity contribution in [2.45, 2.75) is 5.41 Å². The van der Waals surface area contributed by atoms with E-state index in [1.165, 1.54) is 44.5 Å². The summed E-state index contributed by atoms with van der Waals surface area (Å²) in [6.45, 7) is 0. The third kappa shape index (κ3) is 2.77. The molecular formula is C31H21Cl. The summed E-state index contributed by atoms with van der Waals surface area (Å²) >= 11 is 6.53. The maximum absolute atomic E-state index is 6.53. The third-order valence-corrected chi connectivity index (χ3v) is 6.87. The minimum absolute atomic E-state index is 0.409. The Kier molecular flexibility index (Phi) is 4.48. The Morgan fingerprint density at radius 1 is 0.438 bits per heavy atom. The maximum atomic E-state index is 6.53. The molecular weight excluding hydrogens is 408 g/mol. The molecule has 0 nitrogen and oxygen atoms in total. The van der Waals surface area contributed by atoms with Crippen LogP contribution in [0.4, 0.5) is 0 Å². The van der Waals surface area contributed by atoms with Gasteiger partial charge in [-0.25, -0.2) is 0 Å². The Balaban J connectivity index is 1.66. The summed E-state index contributed by atoms with van der Waals surface area (Å²) in [5.74, 6) is 0. The molecule has 0 heterocycles. The molecule has 0 unspecified atom stereocenters. The highest BCUT2D eigenvalue weighted by atomic mass is 35.5. The molecule has 1 heteroatoms. The molecule has 1 aliphatic carbocycles. The lowest BCUT2D eigenvalue weighted by Gasteiger charge is -2.34. The molecule has 0 atom stereocenters. The van der Waals surface area contributed by atoms with Crippen LogP contribution in [0.15, 0.2) is 127 Å². The SMILES string of the molecule is Clc1cccc(C2(c3ccc(-c4ccccc4)cc3)c3ccccc3-c3ccccc32)c1. The lowest BCUT2D eigenvalue weighted by atomic mass is 9.67. The first-order valence-electron chi connectivity index (χ1n) is 10.9. The molecule has 152 valence electrons. The Bertz CT molecular complexity index is 1370. The van der Waals surface area contributed by atoms with Gasteiger partial charge in [-0.05, 0) is 56.6 Å². The average molecular weight is 429 g/mol. The average Bonchev–Trinajstić information content (AvgIpc) is 3.16. The highest BCUT2D eigenvalue weighted by Crippen LogP contribution is 2.56. The monoisotopic (exact) mass is 428 g/mol. The van der Waals surface area contributed by atoms with Crippen LogP contribution in [0.25, 0.3) is 22.3 Å². The normalized spacial score (nSPS) is 13.4. The van der Waals surface area contributed by atoms with E-state index in [0.29, 0.717) is 0 Å². The second-order valence-corrected chi connectivity index (χ2v) is 8.73. The summed E-state index contributed by atoms with van der Waals surface area (Å²) in [6.07, 6.45) is 0. The lowest BCUT2D eigenvalue weighted by Crippen LogP contribution is -2.28. The lowest BCUT2D eigenvalue weighted by molar-refractivity contribution is 0.768. The molecule has 5 aromatic rings. The van der Waals surface area contributed by atoms with Crippen LogP contribution >= 0.6 is 11.6 Å². The van der Waals surface area contributed by atoms with E-state index in [-0.39, 0.29) is 0 Å². The molecule has 0 spiro atoms. The first-order valence-corrected chi connectivity index (χ1v) is 11.3. The highest BCUT2D eigenvalue weighted by Gasteiger charge is 2.45. The van der Waals surface area contributed by atoms with E-state index >= 15 is 0 Å². The number of hydrogen-bond donors (Lipinski definition) is 0. The van der Waals surface area contributed by atoms with Gasteiger partial charge in [0.2, 0.25) is 0 Å². The molecule has 1 aliphatic rings. The number of hydrogen-bond acceptors (Lipinski definition) is 0. The van der Waals surface area contributed by atoms with Crippen molar-refractivity contribution >= 4 is 11.6 Å². The van der Waals surface area contributed by atoms with Crippen LogP contribution in [0.5, 0.6) is 0 Å². The van der Waals surface area contributed by atoms with E-state index in [1.807, 2.05) is 6.07 Å². The number of rotatable bonds is 3. The smallest absolute Gasteiger partial charge is 0.0714 e. The van der Waals surface area contributed by atoms with E-state index in [1.54, 1.807) is 0 Å². The summed E-state index contributed by atoms with van der Waals surface area (Å²) in [6, 6.07) is 45.4. The molecule has 0 bridgehead atoms. The second kappa shape index (κ2) is 7.51. The molecule has 5 aromatic carbocycles. The highest BCUT2D eigenvalue weighted by molar-refractivity contribution is 6.30. The van der Waals surface area contributed by atoms with Crippen LogP contribution in [0.3, 0.4) is 0 Å². The van der Waals surface area contributed by atoms with Crippen LogP contribution in [-0.4, -0.2) is 0 Å². The fraction of sp³-hybridized carbons (Fsp3) is 0.0323. The molecule has 0 saturated heterocycles. The third-order valence-electron chi connectivity index (χ3n) is 6.63. The summed E-state index contributed by atoms with van der Waals surface area (Å²) in [4.78, 5) is 0. The van der Waals surface area contributed by atoms with Gasteiger partial charge in [-0.3, -0.25) is 0 Å². The van der Waals surface area contributed by atoms with Gasteiger partial charge in [0.05, 0.1) is 5.41 Å². The van der Waals surface area contributed by atoms with Crippen molar-refractivity contribution in [3.8, 4) is 22.3 Å². The first-order chi connectivity index (χ1) is 15.8. The van der Waals surface area contributed by atoms with Gasteiger partial charge in [-0.15, -0.1) is 0 Å². The van der Waals surface area contributed by atoms with Crippen LogP contribution in [0.1, 0.15) is 22.3 Å². The van der Waals surface area contributed by atoms with Gasteiger partial charge < -0.3 is 0 Å². The van der Waals surface area contributed by atoms with Crippen LogP contribution in [0.2, 0.25) is 5.02 Å². The molecule has 0 amide bonds. The van der Waals surface area contributed by atoms with Crippen molar-refractivity contribution in [2.24, 2.45) is 0 Å². The molecule has 0 fully saturated rings. The van der Waals surface area contributed by atoms with E-state index in [9.17, 15) is 0 Å². The van der Waals surface area contributed by atoms with Gasteiger partial charge in [0.15, 0.2) is 0 Å². The first kappa shape index (κ1) is 19.1. The minimum atomic E-state index is -0.409. The van der Waals surface area contributed by atoms with Crippen LogP contribution in [-0.2, 0) is 5.41 Å². The van der Waals surface area contributed by atoms with E-state index in [4.69, 9.17) is 11.6 Å². The predicted molar refractivity (Wildman–Crippen MR) is 134 cm³/mol. The Labute approximate surface area is 193 Å². The summed E-state index contributed by atoms with van der Waals surface area (Å²) in [7, 11) is 0. The Morgan fingerprint density at radius 3 is 1.62 bits per heavy atom. The van der Waals surface area contributed by atoms with Gasteiger partial charge in [0, 0.05) is 5.02 Å². The maximum Gasteiger partial charge on any atom is 0.0714 e. The standard InChI is InChI=1S/C31H21Cl/c32-26-12-8-11-25(21-26)31(24-19-17-23(18-20-24)22-9-2-1-3-10-22)29-15-6-4-13-27(29)28-14-5-7-16-30(28)31/h1-21H. The van der Waals surface area contributed by atoms with Crippen LogP contribution in [0, 0.1) is 0 Å². The zero-order chi connectivity index (χ0) is 21.5. The molecule has 32 heavy (non-hydrogen) atoms. The molecule has 0 saturated carbocycles. The quantitative estimate of drug-likeness (QED) is 0.265. The van der Waals surface area contributed by atoms with Crippen molar-refractivity contribution in [2.75, 3.05) is 0 Å². The molecule has 0 aromatic heterocycles. The van der Waals surface area contributed by atoms with Crippen molar-refractivity contribution in [3.05, 3.63) is 155 Å². The van der Waals surface area contributed by atoms with Crippen molar-refractivity contribution < 1.29 is 0 Å². The number of fused-ring (bicyclic) bond motifs is 3.